The highest BCUT2D eigenvalue weighted by atomic mass is 16.7. The Balaban J connectivity index is 1.88. The van der Waals surface area contributed by atoms with Crippen LogP contribution in [0.3, 0.4) is 0 Å². The summed E-state index contributed by atoms with van der Waals surface area (Å²) in [6.07, 6.45) is -2.12. The van der Waals surface area contributed by atoms with Gasteiger partial charge < -0.3 is 19.1 Å². The van der Waals surface area contributed by atoms with Crippen molar-refractivity contribution in [2.75, 3.05) is 13.1 Å². The summed E-state index contributed by atoms with van der Waals surface area (Å²) in [6.45, 7) is 5.56. The third-order valence-corrected chi connectivity index (χ3v) is 3.53. The van der Waals surface area contributed by atoms with Crippen LogP contribution in [0.2, 0.25) is 0 Å². The summed E-state index contributed by atoms with van der Waals surface area (Å²) in [5.41, 5.74) is 0.181. The van der Waals surface area contributed by atoms with Gasteiger partial charge in [0.05, 0.1) is 12.6 Å². The average molecular weight is 346 g/mol. The summed E-state index contributed by atoms with van der Waals surface area (Å²) < 4.78 is 15.5. The van der Waals surface area contributed by atoms with Crippen molar-refractivity contribution < 1.29 is 23.8 Å². The second-order valence-corrected chi connectivity index (χ2v) is 6.80. The predicted octanol–water partition coefficient (Wildman–Crippen LogP) is 3.10. The summed E-state index contributed by atoms with van der Waals surface area (Å²) in [6, 6.07) is 11.4. The Morgan fingerprint density at radius 1 is 1.24 bits per heavy atom. The van der Waals surface area contributed by atoms with E-state index in [-0.39, 0.29) is 19.7 Å². The van der Waals surface area contributed by atoms with Crippen molar-refractivity contribution in [2.45, 2.75) is 39.1 Å². The van der Waals surface area contributed by atoms with Crippen molar-refractivity contribution >= 4 is 12.2 Å². The van der Waals surface area contributed by atoms with Crippen LogP contribution in [0.4, 0.5) is 9.59 Å². The molecule has 0 bridgehead atoms. The number of hydrogen-bond donors (Lipinski definition) is 0. The lowest BCUT2D eigenvalue weighted by Gasteiger charge is -2.21. The molecule has 0 spiro atoms. The van der Waals surface area contributed by atoms with Crippen LogP contribution in [0.15, 0.2) is 30.3 Å². The summed E-state index contributed by atoms with van der Waals surface area (Å²) >= 11 is 0. The minimum absolute atomic E-state index is 0.102. The molecule has 134 valence electrons. The van der Waals surface area contributed by atoms with E-state index in [2.05, 4.69) is 6.07 Å². The summed E-state index contributed by atoms with van der Waals surface area (Å²) in [7, 11) is 0. The highest BCUT2D eigenvalue weighted by Crippen LogP contribution is 2.22. The molecule has 0 aliphatic carbocycles. The van der Waals surface area contributed by atoms with Gasteiger partial charge >= 0.3 is 12.2 Å². The average Bonchev–Trinajstić information content (AvgIpc) is 2.94. The first kappa shape index (κ1) is 18.6. The maximum Gasteiger partial charge on any atom is 0.509 e. The molecule has 2 rings (SSSR count). The first-order chi connectivity index (χ1) is 11.8. The van der Waals surface area contributed by atoms with Crippen molar-refractivity contribution in [1.82, 2.24) is 4.90 Å². The standard InChI is InChI=1S/C18H22N2O5/c1-18(2,3)25-17(22)24-15-11-20(10-14(15)9-19)16(21)23-12-13-7-5-4-6-8-13/h4-8,14-15H,10-12H2,1-3H3/t14-,15-/m0/s1. The molecule has 7 nitrogen and oxygen atoms in total. The van der Waals surface area contributed by atoms with Crippen LogP contribution in [0.1, 0.15) is 26.3 Å². The molecule has 1 saturated heterocycles. The third-order valence-electron chi connectivity index (χ3n) is 3.53. The maximum atomic E-state index is 12.2. The van der Waals surface area contributed by atoms with Crippen LogP contribution in [0, 0.1) is 17.2 Å². The van der Waals surface area contributed by atoms with Gasteiger partial charge in [-0.05, 0) is 26.3 Å². The smallest absolute Gasteiger partial charge is 0.445 e. The Hall–Kier alpha value is -2.75. The molecule has 7 heteroatoms. The topological polar surface area (TPSA) is 88.9 Å². The number of hydrogen-bond acceptors (Lipinski definition) is 6. The third kappa shape index (κ3) is 5.68. The Morgan fingerprint density at radius 2 is 1.92 bits per heavy atom. The normalized spacial score (nSPS) is 19.8. The monoisotopic (exact) mass is 346 g/mol. The number of benzene rings is 1. The van der Waals surface area contributed by atoms with E-state index in [9.17, 15) is 14.9 Å². The fourth-order valence-corrected chi connectivity index (χ4v) is 2.37. The van der Waals surface area contributed by atoms with Gasteiger partial charge in [0.15, 0.2) is 0 Å². The van der Waals surface area contributed by atoms with E-state index >= 15 is 0 Å². The fourth-order valence-electron chi connectivity index (χ4n) is 2.37. The number of likely N-dealkylation sites (tertiary alicyclic amines) is 1. The van der Waals surface area contributed by atoms with E-state index in [1.54, 1.807) is 20.8 Å². The van der Waals surface area contributed by atoms with Crippen molar-refractivity contribution in [3.8, 4) is 6.07 Å². The van der Waals surface area contributed by atoms with E-state index in [1.165, 1.54) is 4.90 Å². The molecule has 1 aliphatic heterocycles. The minimum Gasteiger partial charge on any atom is -0.445 e. The van der Waals surface area contributed by atoms with Crippen molar-refractivity contribution in [1.29, 1.82) is 5.26 Å². The molecular weight excluding hydrogens is 324 g/mol. The number of carbonyl (C=O) groups excluding carboxylic acids is 2. The van der Waals surface area contributed by atoms with Crippen molar-refractivity contribution in [2.24, 2.45) is 5.92 Å². The molecule has 0 unspecified atom stereocenters. The lowest BCUT2D eigenvalue weighted by Crippen LogP contribution is -2.33. The van der Waals surface area contributed by atoms with Gasteiger partial charge in [0.1, 0.15) is 24.2 Å². The van der Waals surface area contributed by atoms with Gasteiger partial charge in [-0.3, -0.25) is 0 Å². The Labute approximate surface area is 147 Å². The van der Waals surface area contributed by atoms with Gasteiger partial charge in [-0.1, -0.05) is 30.3 Å². The van der Waals surface area contributed by atoms with E-state index < -0.39 is 29.9 Å². The molecule has 1 aliphatic rings. The second kappa shape index (κ2) is 7.88. The Kier molecular flexibility index (Phi) is 5.86. The molecule has 0 radical (unpaired) electrons. The van der Waals surface area contributed by atoms with E-state index in [0.717, 1.165) is 5.56 Å². The minimum atomic E-state index is -0.850. The fraction of sp³-hybridized carbons (Fsp3) is 0.500. The molecule has 1 amide bonds. The largest absolute Gasteiger partial charge is 0.509 e. The molecule has 1 aromatic rings. The first-order valence-corrected chi connectivity index (χ1v) is 8.03. The van der Waals surface area contributed by atoms with Crippen LogP contribution in [0.5, 0.6) is 0 Å². The Bertz CT molecular complexity index is 648. The van der Waals surface area contributed by atoms with Crippen LogP contribution in [0.25, 0.3) is 0 Å². The maximum absolute atomic E-state index is 12.2. The van der Waals surface area contributed by atoms with Crippen molar-refractivity contribution in [3.05, 3.63) is 35.9 Å². The highest BCUT2D eigenvalue weighted by Gasteiger charge is 2.39. The highest BCUT2D eigenvalue weighted by molar-refractivity contribution is 5.68. The number of nitrogens with zero attached hydrogens (tertiary/aromatic N) is 2. The lowest BCUT2D eigenvalue weighted by molar-refractivity contribution is -0.0287. The molecule has 1 aromatic carbocycles. The predicted molar refractivity (Wildman–Crippen MR) is 88.4 cm³/mol. The van der Waals surface area contributed by atoms with Crippen LogP contribution < -0.4 is 0 Å². The number of rotatable bonds is 3. The number of nitriles is 1. The lowest BCUT2D eigenvalue weighted by atomic mass is 10.1. The van der Waals surface area contributed by atoms with Gasteiger partial charge in [0, 0.05) is 6.54 Å². The van der Waals surface area contributed by atoms with Crippen LogP contribution in [-0.2, 0) is 20.8 Å². The molecule has 2 atom stereocenters. The zero-order valence-electron chi connectivity index (χ0n) is 14.6. The zero-order chi connectivity index (χ0) is 18.4. The van der Waals surface area contributed by atoms with Gasteiger partial charge in [0.2, 0.25) is 0 Å². The number of carbonyl (C=O) groups is 2. The van der Waals surface area contributed by atoms with E-state index in [1.807, 2.05) is 30.3 Å². The first-order valence-electron chi connectivity index (χ1n) is 8.03. The van der Waals surface area contributed by atoms with Crippen LogP contribution >= 0.6 is 0 Å². The quantitative estimate of drug-likeness (QED) is 0.781. The number of amides is 1. The molecule has 1 heterocycles. The molecular formula is C18H22N2O5. The number of ether oxygens (including phenoxy) is 3. The molecule has 0 saturated carbocycles. The molecule has 0 aromatic heterocycles. The van der Waals surface area contributed by atoms with Crippen molar-refractivity contribution in [3.63, 3.8) is 0 Å². The molecule has 1 fully saturated rings. The summed E-state index contributed by atoms with van der Waals surface area (Å²) in [4.78, 5) is 25.3. The second-order valence-electron chi connectivity index (χ2n) is 6.80. The van der Waals surface area contributed by atoms with Gasteiger partial charge in [-0.15, -0.1) is 0 Å². The Morgan fingerprint density at radius 3 is 2.52 bits per heavy atom. The summed E-state index contributed by atoms with van der Waals surface area (Å²) in [5, 5.41) is 9.23. The van der Waals surface area contributed by atoms with Gasteiger partial charge in [-0.2, -0.15) is 5.26 Å². The summed E-state index contributed by atoms with van der Waals surface area (Å²) in [5.74, 6) is -0.614. The SMILES string of the molecule is CC(C)(C)OC(=O)O[C@H]1CN(C(=O)OCc2ccccc2)C[C@@H]1C#N. The molecule has 0 N–H and O–H groups in total. The van der Waals surface area contributed by atoms with Gasteiger partial charge in [-0.25, -0.2) is 9.59 Å². The van der Waals surface area contributed by atoms with E-state index in [4.69, 9.17) is 14.2 Å². The molecule has 25 heavy (non-hydrogen) atoms. The van der Waals surface area contributed by atoms with E-state index in [0.29, 0.717) is 0 Å². The van der Waals surface area contributed by atoms with Crippen LogP contribution in [-0.4, -0.2) is 41.9 Å². The zero-order valence-corrected chi connectivity index (χ0v) is 14.6. The van der Waals surface area contributed by atoms with Gasteiger partial charge in [0.25, 0.3) is 0 Å².